The molecule has 1 saturated heterocycles. The van der Waals surface area contributed by atoms with Crippen molar-refractivity contribution in [3.8, 4) is 0 Å². The molecule has 1 aromatic carbocycles. The van der Waals surface area contributed by atoms with E-state index in [9.17, 15) is 4.79 Å². The molecule has 1 aliphatic rings. The summed E-state index contributed by atoms with van der Waals surface area (Å²) in [6, 6.07) is 7.25. The summed E-state index contributed by atoms with van der Waals surface area (Å²) < 4.78 is 5.43. The molecule has 5 nitrogen and oxygen atoms in total. The summed E-state index contributed by atoms with van der Waals surface area (Å²) >= 11 is 5.81. The smallest absolute Gasteiger partial charge is 0.315 e. The second-order valence-corrected chi connectivity index (χ2v) is 5.27. The van der Waals surface area contributed by atoms with Crippen LogP contribution in [0.5, 0.6) is 0 Å². The van der Waals surface area contributed by atoms with E-state index in [1.165, 1.54) is 0 Å². The lowest BCUT2D eigenvalue weighted by Gasteiger charge is -2.15. The Morgan fingerprint density at radius 1 is 1.33 bits per heavy atom. The molecule has 0 aromatic heterocycles. The molecule has 1 aliphatic heterocycles. The summed E-state index contributed by atoms with van der Waals surface area (Å²) in [5.41, 5.74) is 1.02. The molecular weight excluding hydrogens is 313 g/mol. The molecular formula is C14H21Cl2N3O2. The van der Waals surface area contributed by atoms with E-state index < -0.39 is 0 Å². The number of amides is 2. The normalized spacial score (nSPS) is 18.2. The Kier molecular flexibility index (Phi) is 8.45. The lowest BCUT2D eigenvalue weighted by atomic mass is 10.1. The summed E-state index contributed by atoms with van der Waals surface area (Å²) in [5.74, 6) is 0.318. The first kappa shape index (κ1) is 18.0. The van der Waals surface area contributed by atoms with E-state index in [-0.39, 0.29) is 18.4 Å². The third kappa shape index (κ3) is 7.00. The fraction of sp³-hybridized carbons (Fsp3) is 0.500. The molecule has 2 rings (SSSR count). The van der Waals surface area contributed by atoms with Crippen molar-refractivity contribution in [2.24, 2.45) is 5.92 Å². The molecule has 0 radical (unpaired) electrons. The van der Waals surface area contributed by atoms with Crippen molar-refractivity contribution in [2.75, 3.05) is 32.8 Å². The minimum absolute atomic E-state index is 0. The number of benzene rings is 1. The minimum atomic E-state index is -0.163. The van der Waals surface area contributed by atoms with Crippen LogP contribution in [0.1, 0.15) is 5.56 Å². The van der Waals surface area contributed by atoms with Crippen molar-refractivity contribution in [1.82, 2.24) is 16.0 Å². The van der Waals surface area contributed by atoms with Crippen LogP contribution in [0.25, 0.3) is 0 Å². The Hall–Kier alpha value is -1.01. The van der Waals surface area contributed by atoms with Gasteiger partial charge in [-0.05, 0) is 17.7 Å². The molecule has 0 saturated carbocycles. The highest BCUT2D eigenvalue weighted by Gasteiger charge is 2.13. The third-order valence-electron chi connectivity index (χ3n) is 3.13. The van der Waals surface area contributed by atoms with Crippen molar-refractivity contribution in [3.63, 3.8) is 0 Å². The highest BCUT2D eigenvalue weighted by Crippen LogP contribution is 2.09. The summed E-state index contributed by atoms with van der Waals surface area (Å²) in [6.07, 6.45) is 0. The first-order chi connectivity index (χ1) is 9.74. The first-order valence-electron chi connectivity index (χ1n) is 6.78. The van der Waals surface area contributed by atoms with Crippen molar-refractivity contribution in [2.45, 2.75) is 6.54 Å². The highest BCUT2D eigenvalue weighted by atomic mass is 35.5. The molecule has 0 aliphatic carbocycles. The summed E-state index contributed by atoms with van der Waals surface area (Å²) in [7, 11) is 0. The van der Waals surface area contributed by atoms with E-state index in [4.69, 9.17) is 16.3 Å². The molecule has 1 unspecified atom stereocenters. The van der Waals surface area contributed by atoms with Gasteiger partial charge in [-0.2, -0.15) is 0 Å². The zero-order valence-electron chi connectivity index (χ0n) is 11.7. The number of urea groups is 1. The van der Waals surface area contributed by atoms with Gasteiger partial charge in [0, 0.05) is 37.1 Å². The second kappa shape index (κ2) is 9.84. The van der Waals surface area contributed by atoms with Crippen LogP contribution in [-0.4, -0.2) is 38.9 Å². The lowest BCUT2D eigenvalue weighted by Crippen LogP contribution is -2.40. The first-order valence-corrected chi connectivity index (χ1v) is 7.16. The van der Waals surface area contributed by atoms with Gasteiger partial charge < -0.3 is 20.7 Å². The zero-order chi connectivity index (χ0) is 14.2. The summed E-state index contributed by atoms with van der Waals surface area (Å²) in [4.78, 5) is 11.7. The molecule has 21 heavy (non-hydrogen) atoms. The van der Waals surface area contributed by atoms with Crippen LogP contribution in [0.15, 0.2) is 24.3 Å². The van der Waals surface area contributed by atoms with Gasteiger partial charge in [-0.3, -0.25) is 0 Å². The predicted molar refractivity (Wildman–Crippen MR) is 86.1 cm³/mol. The Labute approximate surface area is 136 Å². The lowest BCUT2D eigenvalue weighted by molar-refractivity contribution is 0.123. The number of rotatable bonds is 4. The number of hydrogen-bond donors (Lipinski definition) is 3. The Balaban J connectivity index is 0.00000220. The van der Waals surface area contributed by atoms with Crippen LogP contribution in [0.3, 0.4) is 0 Å². The highest BCUT2D eigenvalue weighted by molar-refractivity contribution is 6.30. The fourth-order valence-corrected chi connectivity index (χ4v) is 2.10. The monoisotopic (exact) mass is 333 g/mol. The number of ether oxygens (including phenoxy) is 1. The molecule has 1 fully saturated rings. The number of nitrogens with one attached hydrogen (secondary N) is 3. The number of halogens is 2. The SMILES string of the molecule is Cl.O=C(NCc1ccc(Cl)cc1)NCC1CNCCOC1. The maximum Gasteiger partial charge on any atom is 0.315 e. The number of carbonyl (C=O) groups excluding carboxylic acids is 1. The van der Waals surface area contributed by atoms with E-state index >= 15 is 0 Å². The van der Waals surface area contributed by atoms with Crippen molar-refractivity contribution in [3.05, 3.63) is 34.9 Å². The maximum absolute atomic E-state index is 11.7. The van der Waals surface area contributed by atoms with E-state index in [1.807, 2.05) is 24.3 Å². The van der Waals surface area contributed by atoms with Gasteiger partial charge in [0.15, 0.2) is 0 Å². The van der Waals surface area contributed by atoms with Crippen LogP contribution in [0, 0.1) is 5.92 Å². The summed E-state index contributed by atoms with van der Waals surface area (Å²) in [5, 5.41) is 9.65. The van der Waals surface area contributed by atoms with Crippen molar-refractivity contribution < 1.29 is 9.53 Å². The maximum atomic E-state index is 11.7. The molecule has 7 heteroatoms. The van der Waals surface area contributed by atoms with Crippen LogP contribution >= 0.6 is 24.0 Å². The van der Waals surface area contributed by atoms with Gasteiger partial charge in [-0.15, -0.1) is 12.4 Å². The van der Waals surface area contributed by atoms with E-state index in [0.717, 1.165) is 25.3 Å². The van der Waals surface area contributed by atoms with Gasteiger partial charge in [0.25, 0.3) is 0 Å². The average Bonchev–Trinajstić information content (AvgIpc) is 2.73. The Morgan fingerprint density at radius 2 is 2.10 bits per heavy atom. The van der Waals surface area contributed by atoms with E-state index in [1.54, 1.807) is 0 Å². The molecule has 1 aromatic rings. The van der Waals surface area contributed by atoms with E-state index in [0.29, 0.717) is 30.6 Å². The molecule has 3 N–H and O–H groups in total. The largest absolute Gasteiger partial charge is 0.380 e. The van der Waals surface area contributed by atoms with Crippen LogP contribution < -0.4 is 16.0 Å². The quantitative estimate of drug-likeness (QED) is 0.787. The molecule has 1 atom stereocenters. The Morgan fingerprint density at radius 3 is 2.86 bits per heavy atom. The molecule has 0 bridgehead atoms. The molecule has 118 valence electrons. The van der Waals surface area contributed by atoms with Gasteiger partial charge in [-0.1, -0.05) is 23.7 Å². The van der Waals surface area contributed by atoms with Gasteiger partial charge in [0.2, 0.25) is 0 Å². The molecule has 1 heterocycles. The van der Waals surface area contributed by atoms with Crippen LogP contribution in [-0.2, 0) is 11.3 Å². The topological polar surface area (TPSA) is 62.4 Å². The van der Waals surface area contributed by atoms with Gasteiger partial charge in [-0.25, -0.2) is 4.79 Å². The van der Waals surface area contributed by atoms with Crippen LogP contribution in [0.4, 0.5) is 4.79 Å². The van der Waals surface area contributed by atoms with Gasteiger partial charge in [0.05, 0.1) is 13.2 Å². The summed E-state index contributed by atoms with van der Waals surface area (Å²) in [6.45, 7) is 4.27. The molecule has 0 spiro atoms. The van der Waals surface area contributed by atoms with Crippen molar-refractivity contribution in [1.29, 1.82) is 0 Å². The molecule has 2 amide bonds. The van der Waals surface area contributed by atoms with E-state index in [2.05, 4.69) is 16.0 Å². The van der Waals surface area contributed by atoms with Gasteiger partial charge >= 0.3 is 6.03 Å². The fourth-order valence-electron chi connectivity index (χ4n) is 1.97. The average molecular weight is 334 g/mol. The Bertz CT molecular complexity index is 421. The third-order valence-corrected chi connectivity index (χ3v) is 3.38. The number of hydrogen-bond acceptors (Lipinski definition) is 3. The van der Waals surface area contributed by atoms with Gasteiger partial charge in [0.1, 0.15) is 0 Å². The standard InChI is InChI=1S/C14H20ClN3O2.ClH/c15-13-3-1-11(2-4-13)8-17-14(19)18-9-12-7-16-5-6-20-10-12;/h1-4,12,16H,5-10H2,(H2,17,18,19);1H. The predicted octanol–water partition coefficient (Wildman–Crippen LogP) is 1.80. The van der Waals surface area contributed by atoms with Crippen LogP contribution in [0.2, 0.25) is 5.02 Å². The number of carbonyl (C=O) groups is 1. The zero-order valence-corrected chi connectivity index (χ0v) is 13.3. The second-order valence-electron chi connectivity index (χ2n) is 4.84. The van der Waals surface area contributed by atoms with Crippen molar-refractivity contribution >= 4 is 30.0 Å². The minimum Gasteiger partial charge on any atom is -0.380 e.